The van der Waals surface area contributed by atoms with Gasteiger partial charge >= 0.3 is 0 Å². The molecule has 6 nitrogen and oxygen atoms in total. The van der Waals surface area contributed by atoms with Crippen molar-refractivity contribution in [1.29, 1.82) is 16.1 Å². The second-order valence-corrected chi connectivity index (χ2v) is 8.78. The van der Waals surface area contributed by atoms with E-state index in [9.17, 15) is 5.26 Å². The maximum Gasteiger partial charge on any atom is 0.229 e. The third-order valence-electron chi connectivity index (χ3n) is 5.80. The molecular weight excluding hydrogens is 432 g/mol. The maximum absolute atomic E-state index is 9.39. The lowest BCUT2D eigenvalue weighted by molar-refractivity contribution is 0.687. The highest BCUT2D eigenvalue weighted by Crippen LogP contribution is 2.32. The van der Waals surface area contributed by atoms with Gasteiger partial charge in [-0.25, -0.2) is 0 Å². The molecule has 7 heteroatoms. The highest BCUT2D eigenvalue weighted by atomic mass is 35.5. The molecule has 3 aromatic carbocycles. The zero-order valence-corrected chi connectivity index (χ0v) is 19.4. The van der Waals surface area contributed by atoms with Crippen LogP contribution in [0.25, 0.3) is 22.0 Å². The number of nitrogens with zero attached hydrogens (tertiary/aromatic N) is 4. The summed E-state index contributed by atoms with van der Waals surface area (Å²) in [5.41, 5.74) is 4.02. The van der Waals surface area contributed by atoms with Gasteiger partial charge in [0.25, 0.3) is 0 Å². The number of hydrogen-bond donors (Lipinski definition) is 2. The first-order valence-electron chi connectivity index (χ1n) is 10.4. The zero-order valence-electron chi connectivity index (χ0n) is 18.6. The van der Waals surface area contributed by atoms with E-state index in [1.54, 1.807) is 12.1 Å². The molecule has 0 fully saturated rings. The molecule has 0 spiro atoms. The molecule has 4 rings (SSSR count). The van der Waals surface area contributed by atoms with Crippen LogP contribution < -0.4 is 10.5 Å². The predicted molar refractivity (Wildman–Crippen MR) is 133 cm³/mol. The van der Waals surface area contributed by atoms with Crippen molar-refractivity contribution >= 4 is 40.3 Å². The van der Waals surface area contributed by atoms with Crippen LogP contribution in [0.1, 0.15) is 19.4 Å². The minimum absolute atomic E-state index is 0.0477. The third-order valence-corrected chi connectivity index (χ3v) is 6.03. The Morgan fingerprint density at radius 1 is 1.06 bits per heavy atom. The molecule has 0 atom stereocenters. The monoisotopic (exact) mass is 454 g/mol. The van der Waals surface area contributed by atoms with Crippen LogP contribution in [0.3, 0.4) is 0 Å². The SMILES string of the molecule is CN(c1cccc(-c2ccc(C(C)(C)C#N)cc2)c1)c1nc(=N)n(C=N)c2cc(Cl)ccc12. The van der Waals surface area contributed by atoms with Crippen LogP contribution in [0, 0.1) is 22.1 Å². The summed E-state index contributed by atoms with van der Waals surface area (Å²) in [5.74, 6) is 0.605. The van der Waals surface area contributed by atoms with Gasteiger partial charge < -0.3 is 4.90 Å². The summed E-state index contributed by atoms with van der Waals surface area (Å²) in [6.45, 7) is 3.81. The summed E-state index contributed by atoms with van der Waals surface area (Å²) >= 11 is 6.18. The highest BCUT2D eigenvalue weighted by molar-refractivity contribution is 6.31. The lowest BCUT2D eigenvalue weighted by Gasteiger charge is -2.22. The maximum atomic E-state index is 9.39. The minimum Gasteiger partial charge on any atom is -0.329 e. The molecule has 164 valence electrons. The fourth-order valence-electron chi connectivity index (χ4n) is 3.77. The summed E-state index contributed by atoms with van der Waals surface area (Å²) in [6, 6.07) is 23.8. The summed E-state index contributed by atoms with van der Waals surface area (Å²) in [7, 11) is 1.90. The molecule has 0 unspecified atom stereocenters. The van der Waals surface area contributed by atoms with Crippen molar-refractivity contribution in [3.8, 4) is 17.2 Å². The average Bonchev–Trinajstić information content (AvgIpc) is 2.83. The van der Waals surface area contributed by atoms with Gasteiger partial charge in [0.05, 0.1) is 23.3 Å². The van der Waals surface area contributed by atoms with Gasteiger partial charge in [0.1, 0.15) is 5.82 Å². The largest absolute Gasteiger partial charge is 0.329 e. The van der Waals surface area contributed by atoms with Crippen LogP contribution in [-0.4, -0.2) is 22.9 Å². The summed E-state index contributed by atoms with van der Waals surface area (Å²) < 4.78 is 1.39. The first-order chi connectivity index (χ1) is 15.7. The first kappa shape index (κ1) is 22.3. The van der Waals surface area contributed by atoms with Crippen molar-refractivity contribution in [2.45, 2.75) is 19.3 Å². The second kappa shape index (κ2) is 8.53. The minimum atomic E-state index is -0.537. The number of benzene rings is 3. The Balaban J connectivity index is 1.77. The molecule has 0 saturated carbocycles. The van der Waals surface area contributed by atoms with E-state index >= 15 is 0 Å². The molecule has 4 aromatic rings. The quantitative estimate of drug-likeness (QED) is 0.292. The molecule has 0 aliphatic rings. The van der Waals surface area contributed by atoms with E-state index in [0.29, 0.717) is 16.4 Å². The normalized spacial score (nSPS) is 11.2. The Morgan fingerprint density at radius 3 is 2.45 bits per heavy atom. The Bertz CT molecular complexity index is 1460. The van der Waals surface area contributed by atoms with E-state index in [0.717, 1.165) is 34.1 Å². The van der Waals surface area contributed by atoms with Gasteiger partial charge in [-0.2, -0.15) is 10.2 Å². The molecule has 0 amide bonds. The molecule has 0 radical (unpaired) electrons. The molecule has 1 heterocycles. The first-order valence-corrected chi connectivity index (χ1v) is 10.8. The molecule has 1 aromatic heterocycles. The lowest BCUT2D eigenvalue weighted by Crippen LogP contribution is -2.26. The van der Waals surface area contributed by atoms with Gasteiger partial charge in [-0.1, -0.05) is 48.0 Å². The predicted octanol–water partition coefficient (Wildman–Crippen LogP) is 5.86. The van der Waals surface area contributed by atoms with Gasteiger partial charge in [-0.3, -0.25) is 15.4 Å². The van der Waals surface area contributed by atoms with Crippen LogP contribution in [0.4, 0.5) is 11.5 Å². The van der Waals surface area contributed by atoms with E-state index < -0.39 is 5.41 Å². The van der Waals surface area contributed by atoms with Crippen LogP contribution in [0.2, 0.25) is 5.02 Å². The number of hydrogen-bond acceptors (Lipinski definition) is 5. The number of halogens is 1. The van der Waals surface area contributed by atoms with Crippen molar-refractivity contribution in [3.05, 3.63) is 82.9 Å². The molecule has 0 saturated heterocycles. The van der Waals surface area contributed by atoms with Crippen LogP contribution in [0.15, 0.2) is 66.7 Å². The fraction of sp³-hybridized carbons (Fsp3) is 0.154. The molecule has 2 N–H and O–H groups in total. The number of aromatic nitrogens is 2. The zero-order chi connectivity index (χ0) is 23.8. The van der Waals surface area contributed by atoms with Crippen molar-refractivity contribution in [1.82, 2.24) is 9.55 Å². The van der Waals surface area contributed by atoms with Crippen LogP contribution in [0.5, 0.6) is 0 Å². The van der Waals surface area contributed by atoms with Gasteiger partial charge in [0, 0.05) is 23.1 Å². The number of fused-ring (bicyclic) bond motifs is 1. The Hall–Kier alpha value is -3.95. The van der Waals surface area contributed by atoms with Gasteiger partial charge in [0.15, 0.2) is 0 Å². The van der Waals surface area contributed by atoms with Crippen molar-refractivity contribution in [3.63, 3.8) is 0 Å². The molecule has 0 bridgehead atoms. The Labute approximate surface area is 197 Å². The number of rotatable bonds is 5. The Morgan fingerprint density at radius 2 is 1.79 bits per heavy atom. The van der Waals surface area contributed by atoms with E-state index in [1.165, 1.54) is 4.57 Å². The molecule has 0 aliphatic carbocycles. The smallest absolute Gasteiger partial charge is 0.229 e. The average molecular weight is 455 g/mol. The standard InChI is InChI=1S/C26H23ClN6/c1-26(2,15-28)19-9-7-17(8-10-19)18-5-4-6-21(13-18)32(3)24-22-12-11-20(27)14-23(22)33(16-29)25(30)31-24/h4-14,16,29-30H,1-3H3. The summed E-state index contributed by atoms with van der Waals surface area (Å²) in [4.78, 5) is 6.39. The molecule has 33 heavy (non-hydrogen) atoms. The van der Waals surface area contributed by atoms with Crippen molar-refractivity contribution in [2.24, 2.45) is 0 Å². The van der Waals surface area contributed by atoms with E-state index in [1.807, 2.05) is 74.3 Å². The van der Waals surface area contributed by atoms with E-state index in [4.69, 9.17) is 22.4 Å². The van der Waals surface area contributed by atoms with E-state index in [-0.39, 0.29) is 5.62 Å². The lowest BCUT2D eigenvalue weighted by atomic mass is 9.85. The van der Waals surface area contributed by atoms with Crippen LogP contribution in [-0.2, 0) is 5.41 Å². The summed E-state index contributed by atoms with van der Waals surface area (Å²) in [6.07, 6.45) is 1.07. The number of nitriles is 1. The van der Waals surface area contributed by atoms with Gasteiger partial charge in [-0.15, -0.1) is 0 Å². The van der Waals surface area contributed by atoms with Crippen LogP contribution >= 0.6 is 11.6 Å². The molecule has 0 aliphatic heterocycles. The van der Waals surface area contributed by atoms with Crippen molar-refractivity contribution < 1.29 is 0 Å². The topological polar surface area (TPSA) is 92.6 Å². The Kier molecular flexibility index (Phi) is 5.75. The number of anilines is 2. The fourth-order valence-corrected chi connectivity index (χ4v) is 3.93. The number of nitrogens with one attached hydrogen (secondary N) is 2. The molecular formula is C26H23ClN6. The summed E-state index contributed by atoms with van der Waals surface area (Å²) in [5, 5.41) is 26.7. The van der Waals surface area contributed by atoms with Crippen molar-refractivity contribution in [2.75, 3.05) is 11.9 Å². The second-order valence-electron chi connectivity index (χ2n) is 8.34. The third kappa shape index (κ3) is 4.11. The van der Waals surface area contributed by atoms with E-state index in [2.05, 4.69) is 17.1 Å². The van der Waals surface area contributed by atoms with Gasteiger partial charge in [-0.05, 0) is 60.9 Å². The highest BCUT2D eigenvalue weighted by Gasteiger charge is 2.19. The van der Waals surface area contributed by atoms with Gasteiger partial charge in [0.2, 0.25) is 5.62 Å².